The number of rotatable bonds is 6. The third-order valence-electron chi connectivity index (χ3n) is 3.92. The van der Waals surface area contributed by atoms with E-state index < -0.39 is 10.0 Å². The Labute approximate surface area is 154 Å². The number of aryl methyl sites for hydroxylation is 2. The predicted octanol–water partition coefficient (Wildman–Crippen LogP) is 2.90. The molecule has 7 nitrogen and oxygen atoms in total. The van der Waals surface area contributed by atoms with Gasteiger partial charge in [-0.05, 0) is 37.0 Å². The summed E-state index contributed by atoms with van der Waals surface area (Å²) in [6.07, 6.45) is 0.0175. The molecule has 8 heteroatoms. The molecule has 1 aromatic carbocycles. The van der Waals surface area contributed by atoms with Gasteiger partial charge in [-0.25, -0.2) is 13.1 Å². The van der Waals surface area contributed by atoms with Crippen LogP contribution in [0.15, 0.2) is 33.7 Å². The molecule has 2 aromatic rings. The molecule has 0 atom stereocenters. The molecule has 0 aliphatic heterocycles. The first kappa shape index (κ1) is 20.1. The van der Waals surface area contributed by atoms with Crippen LogP contribution >= 0.6 is 0 Å². The highest BCUT2D eigenvalue weighted by Crippen LogP contribution is 2.23. The van der Waals surface area contributed by atoms with Crippen LogP contribution < -0.4 is 10.0 Å². The summed E-state index contributed by atoms with van der Waals surface area (Å²) in [5, 5.41) is 6.39. The Balaban J connectivity index is 1.89. The Bertz CT molecular complexity index is 859. The maximum atomic E-state index is 12.3. The third-order valence-corrected chi connectivity index (χ3v) is 5.62. The Hall–Kier alpha value is -2.19. The molecule has 0 spiro atoms. The molecule has 0 saturated heterocycles. The molecule has 1 amide bonds. The number of nitrogens with one attached hydrogen (secondary N) is 2. The summed E-state index contributed by atoms with van der Waals surface area (Å²) in [5.74, 6) is -0.0478. The lowest BCUT2D eigenvalue weighted by Gasteiger charge is -2.19. The second-order valence-corrected chi connectivity index (χ2v) is 8.88. The maximum Gasteiger partial charge on any atom is 0.245 e. The molecule has 0 fully saturated rings. The first-order valence-electron chi connectivity index (χ1n) is 8.33. The zero-order valence-electron chi connectivity index (χ0n) is 15.7. The zero-order valence-corrected chi connectivity index (χ0v) is 16.5. The average Bonchev–Trinajstić information content (AvgIpc) is 2.86. The highest BCUT2D eigenvalue weighted by molar-refractivity contribution is 7.89. The number of nitrogens with zero attached hydrogens (tertiary/aromatic N) is 1. The fourth-order valence-electron chi connectivity index (χ4n) is 2.51. The van der Waals surface area contributed by atoms with Gasteiger partial charge in [0.25, 0.3) is 0 Å². The van der Waals surface area contributed by atoms with Gasteiger partial charge in [0, 0.05) is 18.7 Å². The maximum absolute atomic E-state index is 12.3. The van der Waals surface area contributed by atoms with E-state index in [0.717, 1.165) is 0 Å². The molecule has 26 heavy (non-hydrogen) atoms. The van der Waals surface area contributed by atoms with Gasteiger partial charge in [-0.15, -0.1) is 0 Å². The van der Waals surface area contributed by atoms with E-state index in [0.29, 0.717) is 11.4 Å². The summed E-state index contributed by atoms with van der Waals surface area (Å²) >= 11 is 0. The molecule has 0 aliphatic rings. The summed E-state index contributed by atoms with van der Waals surface area (Å²) in [6.45, 7) is 9.42. The van der Waals surface area contributed by atoms with Gasteiger partial charge in [-0.1, -0.05) is 38.1 Å². The van der Waals surface area contributed by atoms with Crippen LogP contribution in [0.2, 0.25) is 0 Å². The number of carbonyl (C=O) groups is 1. The van der Waals surface area contributed by atoms with Crippen LogP contribution in [0.5, 0.6) is 0 Å². The molecular formula is C18H25N3O4S. The number of aromatic nitrogens is 1. The number of sulfonamides is 1. The lowest BCUT2D eigenvalue weighted by molar-refractivity contribution is -0.116. The Kier molecular flexibility index (Phi) is 5.87. The van der Waals surface area contributed by atoms with E-state index in [1.165, 1.54) is 12.5 Å². The minimum atomic E-state index is -3.76. The van der Waals surface area contributed by atoms with E-state index in [9.17, 15) is 13.2 Å². The molecule has 1 heterocycles. The number of carbonyl (C=O) groups excluding carboxylic acids is 1. The molecule has 0 radical (unpaired) electrons. The van der Waals surface area contributed by atoms with Crippen LogP contribution in [0.25, 0.3) is 0 Å². The van der Waals surface area contributed by atoms with Crippen molar-refractivity contribution in [2.45, 2.75) is 51.3 Å². The molecule has 0 aliphatic carbocycles. The molecule has 0 saturated carbocycles. The van der Waals surface area contributed by atoms with Gasteiger partial charge >= 0.3 is 0 Å². The van der Waals surface area contributed by atoms with Crippen molar-refractivity contribution in [3.05, 3.63) is 41.3 Å². The van der Waals surface area contributed by atoms with Crippen LogP contribution in [0.3, 0.4) is 0 Å². The van der Waals surface area contributed by atoms with Crippen LogP contribution in [0, 0.1) is 13.8 Å². The summed E-state index contributed by atoms with van der Waals surface area (Å²) in [7, 11) is -3.76. The molecular weight excluding hydrogens is 354 g/mol. The van der Waals surface area contributed by atoms with E-state index in [-0.39, 0.29) is 34.9 Å². The molecule has 1 aromatic heterocycles. The highest BCUT2D eigenvalue weighted by Gasteiger charge is 2.23. The van der Waals surface area contributed by atoms with Crippen molar-refractivity contribution in [3.63, 3.8) is 0 Å². The normalized spacial score (nSPS) is 12.2. The molecule has 0 unspecified atom stereocenters. The highest BCUT2D eigenvalue weighted by atomic mass is 32.2. The molecule has 142 valence electrons. The Morgan fingerprint density at radius 3 is 2.27 bits per heavy atom. The van der Waals surface area contributed by atoms with Crippen molar-refractivity contribution in [3.8, 4) is 0 Å². The SMILES string of the molecule is Cc1noc(C)c1S(=O)(=O)NCCC(=O)Nc1ccc(C(C)(C)C)cc1. The van der Waals surface area contributed by atoms with Gasteiger partial charge in [-0.3, -0.25) is 4.79 Å². The monoisotopic (exact) mass is 379 g/mol. The largest absolute Gasteiger partial charge is 0.360 e. The van der Waals surface area contributed by atoms with Crippen molar-refractivity contribution < 1.29 is 17.7 Å². The number of anilines is 1. The number of benzene rings is 1. The van der Waals surface area contributed by atoms with E-state index in [1.54, 1.807) is 6.92 Å². The summed E-state index contributed by atoms with van der Waals surface area (Å²) in [6, 6.07) is 7.62. The zero-order chi connectivity index (χ0) is 19.5. The van der Waals surface area contributed by atoms with Crippen LogP contribution in [-0.4, -0.2) is 26.0 Å². The van der Waals surface area contributed by atoms with Crippen LogP contribution in [0.4, 0.5) is 5.69 Å². The first-order valence-corrected chi connectivity index (χ1v) is 9.82. The molecule has 0 bridgehead atoms. The molecule has 2 N–H and O–H groups in total. The van der Waals surface area contributed by atoms with Crippen molar-refractivity contribution in [1.82, 2.24) is 9.88 Å². The van der Waals surface area contributed by atoms with Crippen molar-refractivity contribution in [1.29, 1.82) is 0 Å². The minimum Gasteiger partial charge on any atom is -0.360 e. The lowest BCUT2D eigenvalue weighted by Crippen LogP contribution is -2.28. The van der Waals surface area contributed by atoms with Crippen LogP contribution in [-0.2, 0) is 20.2 Å². The average molecular weight is 379 g/mol. The van der Waals surface area contributed by atoms with Crippen molar-refractivity contribution in [2.24, 2.45) is 0 Å². The van der Waals surface area contributed by atoms with E-state index in [4.69, 9.17) is 4.52 Å². The number of amides is 1. The fourth-order valence-corrected chi connectivity index (χ4v) is 3.86. The van der Waals surface area contributed by atoms with Gasteiger partial charge in [0.05, 0.1) is 0 Å². The third kappa shape index (κ3) is 4.92. The van der Waals surface area contributed by atoms with Gasteiger partial charge in [0.2, 0.25) is 15.9 Å². The topological polar surface area (TPSA) is 101 Å². The standard InChI is InChI=1S/C18H25N3O4S/c1-12-17(13(2)25-21-12)26(23,24)19-11-10-16(22)20-15-8-6-14(7-9-15)18(3,4)5/h6-9,19H,10-11H2,1-5H3,(H,20,22). The Morgan fingerprint density at radius 1 is 1.15 bits per heavy atom. The second-order valence-electron chi connectivity index (χ2n) is 7.18. The van der Waals surface area contributed by atoms with Crippen molar-refractivity contribution >= 4 is 21.6 Å². The summed E-state index contributed by atoms with van der Waals surface area (Å²) in [5.41, 5.74) is 2.18. The van der Waals surface area contributed by atoms with Gasteiger partial charge in [0.15, 0.2) is 5.76 Å². The number of hydrogen-bond donors (Lipinski definition) is 2. The van der Waals surface area contributed by atoms with E-state index in [2.05, 4.69) is 36.0 Å². The first-order chi connectivity index (χ1) is 12.0. The van der Waals surface area contributed by atoms with Gasteiger partial charge < -0.3 is 9.84 Å². The fraction of sp³-hybridized carbons (Fsp3) is 0.444. The Morgan fingerprint density at radius 2 is 1.77 bits per heavy atom. The smallest absolute Gasteiger partial charge is 0.245 e. The summed E-state index contributed by atoms with van der Waals surface area (Å²) < 4.78 is 31.8. The van der Waals surface area contributed by atoms with Gasteiger partial charge in [0.1, 0.15) is 10.6 Å². The van der Waals surface area contributed by atoms with Gasteiger partial charge in [-0.2, -0.15) is 0 Å². The van der Waals surface area contributed by atoms with E-state index >= 15 is 0 Å². The lowest BCUT2D eigenvalue weighted by atomic mass is 9.87. The van der Waals surface area contributed by atoms with Crippen molar-refractivity contribution in [2.75, 3.05) is 11.9 Å². The molecule has 2 rings (SSSR count). The number of hydrogen-bond acceptors (Lipinski definition) is 5. The van der Waals surface area contributed by atoms with Crippen LogP contribution in [0.1, 0.15) is 44.2 Å². The second kappa shape index (κ2) is 7.59. The summed E-state index contributed by atoms with van der Waals surface area (Å²) in [4.78, 5) is 12.0. The quantitative estimate of drug-likeness (QED) is 0.804. The predicted molar refractivity (Wildman–Crippen MR) is 99.6 cm³/mol. The minimum absolute atomic E-state index is 0.0156. The van der Waals surface area contributed by atoms with E-state index in [1.807, 2.05) is 24.3 Å².